The van der Waals surface area contributed by atoms with Crippen molar-refractivity contribution in [3.8, 4) is 0 Å². The second-order valence-corrected chi connectivity index (χ2v) is 9.32. The minimum atomic E-state index is 0.552. The van der Waals surface area contributed by atoms with Gasteiger partial charge in [0.15, 0.2) is 0 Å². The van der Waals surface area contributed by atoms with Gasteiger partial charge in [-0.15, -0.1) is 0 Å². The third-order valence-corrected chi connectivity index (χ3v) is 7.54. The van der Waals surface area contributed by atoms with Crippen LogP contribution in [0, 0.1) is 11.8 Å². The Balaban J connectivity index is 1.68. The molecule has 3 fully saturated rings. The summed E-state index contributed by atoms with van der Waals surface area (Å²) in [7, 11) is 0. The molecule has 0 aromatic heterocycles. The molecule has 0 spiro atoms. The van der Waals surface area contributed by atoms with Crippen LogP contribution < -0.4 is 5.32 Å². The lowest BCUT2D eigenvalue weighted by atomic mass is 9.86. The van der Waals surface area contributed by atoms with E-state index in [2.05, 4.69) is 42.1 Å². The van der Waals surface area contributed by atoms with Gasteiger partial charge in [-0.05, 0) is 43.8 Å². The molecule has 0 aromatic carbocycles. The average Bonchev–Trinajstić information content (AvgIpc) is 3.32. The molecule has 1 N–H and O–H groups in total. The molecule has 1 aliphatic heterocycles. The summed E-state index contributed by atoms with van der Waals surface area (Å²) in [5.41, 5.74) is 0. The van der Waals surface area contributed by atoms with Crippen molar-refractivity contribution in [1.82, 2.24) is 10.2 Å². The van der Waals surface area contributed by atoms with Gasteiger partial charge in [-0.25, -0.2) is 0 Å². The maximum absolute atomic E-state index is 3.86. The number of piperazine rings is 1. The molecule has 2 saturated carbocycles. The van der Waals surface area contributed by atoms with Gasteiger partial charge in [0.2, 0.25) is 0 Å². The molecule has 2 aliphatic carbocycles. The molecule has 21 heavy (non-hydrogen) atoms. The molecule has 3 aliphatic rings. The predicted molar refractivity (Wildman–Crippen MR) is 94.0 cm³/mol. The van der Waals surface area contributed by atoms with Crippen molar-refractivity contribution in [2.75, 3.05) is 25.9 Å². The summed E-state index contributed by atoms with van der Waals surface area (Å²) in [5, 5.41) is 3.86. The third-order valence-electron chi connectivity index (χ3n) is 6.14. The number of rotatable bonds is 5. The van der Waals surface area contributed by atoms with E-state index in [0.29, 0.717) is 4.75 Å². The minimum Gasteiger partial charge on any atom is -0.311 e. The zero-order valence-corrected chi connectivity index (χ0v) is 15.1. The topological polar surface area (TPSA) is 15.3 Å². The Bertz CT molecular complexity index is 334. The molecule has 2 nitrogen and oxygen atoms in total. The first-order valence-electron chi connectivity index (χ1n) is 9.16. The first kappa shape index (κ1) is 16.1. The van der Waals surface area contributed by atoms with Crippen LogP contribution in [0.3, 0.4) is 0 Å². The standard InChI is InChI=1S/C18H34N2S/c1-14(2)17-11-19-16(15-7-8-15)12-20(17)13-18(21-3)9-5-4-6-10-18/h14-17,19H,4-13H2,1-3H3. The van der Waals surface area contributed by atoms with Crippen molar-refractivity contribution in [2.45, 2.75) is 75.6 Å². The Morgan fingerprint density at radius 1 is 1.19 bits per heavy atom. The SMILES string of the molecule is CSC1(CN2CC(C3CC3)NCC2C(C)C)CCCCC1. The van der Waals surface area contributed by atoms with Gasteiger partial charge in [-0.3, -0.25) is 4.90 Å². The second kappa shape index (κ2) is 6.80. The Morgan fingerprint density at radius 3 is 2.48 bits per heavy atom. The minimum absolute atomic E-state index is 0.552. The summed E-state index contributed by atoms with van der Waals surface area (Å²) in [5.74, 6) is 1.75. The van der Waals surface area contributed by atoms with Gasteiger partial charge >= 0.3 is 0 Å². The number of nitrogens with one attached hydrogen (secondary N) is 1. The van der Waals surface area contributed by atoms with Gasteiger partial charge < -0.3 is 5.32 Å². The summed E-state index contributed by atoms with van der Waals surface area (Å²) in [6.45, 7) is 8.66. The van der Waals surface area contributed by atoms with Crippen molar-refractivity contribution in [3.63, 3.8) is 0 Å². The zero-order chi connectivity index (χ0) is 14.9. The Labute approximate surface area is 135 Å². The monoisotopic (exact) mass is 310 g/mol. The van der Waals surface area contributed by atoms with E-state index in [-0.39, 0.29) is 0 Å². The summed E-state index contributed by atoms with van der Waals surface area (Å²) in [4.78, 5) is 2.88. The predicted octanol–water partition coefficient (Wildman–Crippen LogP) is 3.76. The lowest BCUT2D eigenvalue weighted by Gasteiger charge is -2.48. The Morgan fingerprint density at radius 2 is 1.90 bits per heavy atom. The molecule has 3 rings (SSSR count). The Kier molecular flexibility index (Phi) is 5.23. The van der Waals surface area contributed by atoms with Crippen molar-refractivity contribution in [2.24, 2.45) is 11.8 Å². The van der Waals surface area contributed by atoms with Crippen molar-refractivity contribution >= 4 is 11.8 Å². The molecule has 0 radical (unpaired) electrons. The quantitative estimate of drug-likeness (QED) is 0.832. The molecule has 122 valence electrons. The van der Waals surface area contributed by atoms with Crippen LogP contribution in [0.25, 0.3) is 0 Å². The normalized spacial score (nSPS) is 34.3. The molecule has 1 saturated heterocycles. The van der Waals surface area contributed by atoms with Crippen LogP contribution in [0.5, 0.6) is 0 Å². The van der Waals surface area contributed by atoms with Crippen LogP contribution in [0.1, 0.15) is 58.8 Å². The molecule has 0 bridgehead atoms. The van der Waals surface area contributed by atoms with Gasteiger partial charge in [0.05, 0.1) is 0 Å². The summed E-state index contributed by atoms with van der Waals surface area (Å²) >= 11 is 2.16. The average molecular weight is 311 g/mol. The van der Waals surface area contributed by atoms with Crippen LogP contribution in [-0.2, 0) is 0 Å². The van der Waals surface area contributed by atoms with Crippen LogP contribution in [0.4, 0.5) is 0 Å². The van der Waals surface area contributed by atoms with Gasteiger partial charge in [-0.1, -0.05) is 33.1 Å². The van der Waals surface area contributed by atoms with Crippen LogP contribution in [-0.4, -0.2) is 47.6 Å². The van der Waals surface area contributed by atoms with Gasteiger partial charge in [-0.2, -0.15) is 11.8 Å². The molecule has 0 aromatic rings. The largest absolute Gasteiger partial charge is 0.311 e. The fourth-order valence-corrected chi connectivity index (χ4v) is 5.49. The van der Waals surface area contributed by atoms with E-state index in [1.54, 1.807) is 0 Å². The van der Waals surface area contributed by atoms with Gasteiger partial charge in [0.1, 0.15) is 0 Å². The fourth-order valence-electron chi connectivity index (χ4n) is 4.50. The van der Waals surface area contributed by atoms with Gasteiger partial charge in [0.25, 0.3) is 0 Å². The van der Waals surface area contributed by atoms with Crippen molar-refractivity contribution < 1.29 is 0 Å². The van der Waals surface area contributed by atoms with E-state index >= 15 is 0 Å². The molecule has 2 atom stereocenters. The highest BCUT2D eigenvalue weighted by Crippen LogP contribution is 2.41. The molecule has 2 unspecified atom stereocenters. The highest BCUT2D eigenvalue weighted by atomic mass is 32.2. The molecule has 1 heterocycles. The number of hydrogen-bond donors (Lipinski definition) is 1. The van der Waals surface area contributed by atoms with E-state index in [4.69, 9.17) is 0 Å². The lowest BCUT2D eigenvalue weighted by Crippen LogP contribution is -2.61. The van der Waals surface area contributed by atoms with Crippen LogP contribution >= 0.6 is 11.8 Å². The molecule has 0 amide bonds. The van der Waals surface area contributed by atoms with E-state index in [0.717, 1.165) is 23.9 Å². The second-order valence-electron chi connectivity index (χ2n) is 8.04. The smallest absolute Gasteiger partial charge is 0.0284 e. The fraction of sp³-hybridized carbons (Fsp3) is 1.00. The number of nitrogens with zero attached hydrogens (tertiary/aromatic N) is 1. The molecular weight excluding hydrogens is 276 g/mol. The third kappa shape index (κ3) is 3.79. The summed E-state index contributed by atoms with van der Waals surface area (Å²) in [6, 6.07) is 1.52. The highest BCUT2D eigenvalue weighted by molar-refractivity contribution is 8.00. The summed E-state index contributed by atoms with van der Waals surface area (Å²) in [6.07, 6.45) is 12.5. The van der Waals surface area contributed by atoms with E-state index < -0.39 is 0 Å². The number of thioether (sulfide) groups is 1. The van der Waals surface area contributed by atoms with Crippen molar-refractivity contribution in [3.05, 3.63) is 0 Å². The maximum atomic E-state index is 3.86. The number of hydrogen-bond acceptors (Lipinski definition) is 3. The molecule has 3 heteroatoms. The maximum Gasteiger partial charge on any atom is 0.0284 e. The Hall–Kier alpha value is 0.270. The van der Waals surface area contributed by atoms with E-state index in [1.165, 1.54) is 64.6 Å². The van der Waals surface area contributed by atoms with E-state index in [9.17, 15) is 0 Å². The molecular formula is C18H34N2S. The first-order chi connectivity index (χ1) is 10.1. The lowest BCUT2D eigenvalue weighted by molar-refractivity contribution is 0.0763. The van der Waals surface area contributed by atoms with Crippen LogP contribution in [0.2, 0.25) is 0 Å². The van der Waals surface area contributed by atoms with Gasteiger partial charge in [0, 0.05) is 36.5 Å². The zero-order valence-electron chi connectivity index (χ0n) is 14.2. The van der Waals surface area contributed by atoms with Crippen LogP contribution in [0.15, 0.2) is 0 Å². The van der Waals surface area contributed by atoms with E-state index in [1.807, 2.05) is 0 Å². The van der Waals surface area contributed by atoms with Crippen molar-refractivity contribution in [1.29, 1.82) is 0 Å². The summed E-state index contributed by atoms with van der Waals surface area (Å²) < 4.78 is 0.552. The highest BCUT2D eigenvalue weighted by Gasteiger charge is 2.41. The first-order valence-corrected chi connectivity index (χ1v) is 10.4.